The van der Waals surface area contributed by atoms with E-state index in [0.29, 0.717) is 41.1 Å². The predicted molar refractivity (Wildman–Crippen MR) is 125 cm³/mol. The molecule has 0 radical (unpaired) electrons. The van der Waals surface area contributed by atoms with Gasteiger partial charge >= 0.3 is 6.03 Å². The summed E-state index contributed by atoms with van der Waals surface area (Å²) in [6.45, 7) is 5.30. The molecule has 0 saturated carbocycles. The Kier molecular flexibility index (Phi) is 7.78. The lowest BCUT2D eigenvalue weighted by Crippen LogP contribution is -2.60. The highest BCUT2D eigenvalue weighted by Gasteiger charge is 2.34. The van der Waals surface area contributed by atoms with E-state index >= 15 is 0 Å². The number of piperazine rings is 1. The number of anilines is 2. The van der Waals surface area contributed by atoms with Gasteiger partial charge in [-0.05, 0) is 48.4 Å². The van der Waals surface area contributed by atoms with E-state index in [4.69, 9.17) is 23.2 Å². The molecule has 1 atom stereocenters. The predicted octanol–water partition coefficient (Wildman–Crippen LogP) is 5.26. The number of hydrogen-bond acceptors (Lipinski definition) is 3. The van der Waals surface area contributed by atoms with Crippen molar-refractivity contribution in [1.29, 1.82) is 5.26 Å². The van der Waals surface area contributed by atoms with E-state index in [9.17, 15) is 14.4 Å². The third-order valence-corrected chi connectivity index (χ3v) is 5.76. The van der Waals surface area contributed by atoms with E-state index in [1.807, 2.05) is 18.7 Å². The largest absolute Gasteiger partial charge is 0.335 e. The lowest BCUT2D eigenvalue weighted by Gasteiger charge is -2.44. The smallest absolute Gasteiger partial charge is 0.321 e. The number of benzene rings is 2. The van der Waals surface area contributed by atoms with Crippen molar-refractivity contribution in [3.8, 4) is 6.19 Å². The van der Waals surface area contributed by atoms with Crippen molar-refractivity contribution in [2.24, 2.45) is 10.9 Å². The molecular formula is C22H23Cl2FN6O. The van der Waals surface area contributed by atoms with Gasteiger partial charge in [0.2, 0.25) is 12.2 Å². The minimum atomic E-state index is -0.461. The van der Waals surface area contributed by atoms with E-state index < -0.39 is 5.82 Å². The van der Waals surface area contributed by atoms with Gasteiger partial charge in [0, 0.05) is 30.3 Å². The Hall–Kier alpha value is -3.02. The van der Waals surface area contributed by atoms with Gasteiger partial charge in [-0.15, -0.1) is 4.99 Å². The Morgan fingerprint density at radius 1 is 1.19 bits per heavy atom. The van der Waals surface area contributed by atoms with Gasteiger partial charge < -0.3 is 20.4 Å². The van der Waals surface area contributed by atoms with Crippen LogP contribution >= 0.6 is 23.2 Å². The molecule has 1 heterocycles. The average Bonchev–Trinajstić information content (AvgIpc) is 2.77. The van der Waals surface area contributed by atoms with Crippen LogP contribution in [0.5, 0.6) is 0 Å². The number of guanidine groups is 1. The Balaban J connectivity index is 1.76. The molecule has 0 aliphatic carbocycles. The number of urea groups is 1. The van der Waals surface area contributed by atoms with Crippen LogP contribution in [0.2, 0.25) is 10.0 Å². The molecule has 1 aliphatic heterocycles. The number of nitriles is 1. The maximum absolute atomic E-state index is 13.7. The highest BCUT2D eigenvalue weighted by molar-refractivity contribution is 6.33. The van der Waals surface area contributed by atoms with Crippen molar-refractivity contribution in [2.75, 3.05) is 30.3 Å². The number of hydrogen-bond donors (Lipinski definition) is 2. The van der Waals surface area contributed by atoms with Gasteiger partial charge in [0.25, 0.3) is 0 Å². The molecule has 2 aromatic carbocycles. The van der Waals surface area contributed by atoms with Gasteiger partial charge in [0.15, 0.2) is 0 Å². The first kappa shape index (κ1) is 23.6. The highest BCUT2D eigenvalue weighted by atomic mass is 35.5. The summed E-state index contributed by atoms with van der Waals surface area (Å²) in [6, 6.07) is 10.5. The fraction of sp³-hybridized carbons (Fsp3) is 0.318. The van der Waals surface area contributed by atoms with Crippen LogP contribution in [0.25, 0.3) is 0 Å². The molecule has 0 bridgehead atoms. The third kappa shape index (κ3) is 5.81. The Morgan fingerprint density at radius 3 is 2.56 bits per heavy atom. The number of amides is 2. The Morgan fingerprint density at radius 2 is 1.91 bits per heavy atom. The molecule has 0 spiro atoms. The van der Waals surface area contributed by atoms with Crippen LogP contribution in [0.15, 0.2) is 47.5 Å². The molecule has 2 aromatic rings. The second kappa shape index (κ2) is 10.5. The summed E-state index contributed by atoms with van der Waals surface area (Å²) in [4.78, 5) is 20.4. The lowest BCUT2D eigenvalue weighted by molar-refractivity contribution is 0.120. The fourth-order valence-corrected chi connectivity index (χ4v) is 3.78. The number of rotatable bonds is 3. The first-order valence-electron chi connectivity index (χ1n) is 10.1. The van der Waals surface area contributed by atoms with Crippen LogP contribution in [0, 0.1) is 23.2 Å². The average molecular weight is 477 g/mol. The van der Waals surface area contributed by atoms with E-state index in [-0.39, 0.29) is 24.0 Å². The molecule has 3 rings (SSSR count). The second-order valence-electron chi connectivity index (χ2n) is 7.67. The molecule has 0 aromatic heterocycles. The van der Waals surface area contributed by atoms with Gasteiger partial charge in [-0.3, -0.25) is 0 Å². The molecule has 1 fully saturated rings. The van der Waals surface area contributed by atoms with Crippen molar-refractivity contribution < 1.29 is 9.18 Å². The van der Waals surface area contributed by atoms with Gasteiger partial charge in [-0.25, -0.2) is 9.18 Å². The summed E-state index contributed by atoms with van der Waals surface area (Å²) in [6.07, 6.45) is 1.79. The van der Waals surface area contributed by atoms with Crippen molar-refractivity contribution >= 4 is 46.6 Å². The molecule has 1 unspecified atom stereocenters. The molecule has 168 valence electrons. The molecule has 10 heteroatoms. The first-order chi connectivity index (χ1) is 15.3. The lowest BCUT2D eigenvalue weighted by atomic mass is 10.00. The minimum absolute atomic E-state index is 0.133. The maximum Gasteiger partial charge on any atom is 0.321 e. The first-order valence-corrected chi connectivity index (χ1v) is 10.8. The molecule has 1 saturated heterocycles. The molecule has 1 aliphatic rings. The number of halogens is 3. The van der Waals surface area contributed by atoms with Gasteiger partial charge in [0.05, 0.1) is 16.8 Å². The number of aliphatic imine (C=N–C) groups is 1. The van der Waals surface area contributed by atoms with Crippen molar-refractivity contribution in [2.45, 2.75) is 19.9 Å². The monoisotopic (exact) mass is 476 g/mol. The van der Waals surface area contributed by atoms with Crippen LogP contribution in [0.4, 0.5) is 20.6 Å². The Labute approximate surface area is 196 Å². The van der Waals surface area contributed by atoms with Gasteiger partial charge in [-0.1, -0.05) is 37.0 Å². The second-order valence-corrected chi connectivity index (χ2v) is 8.52. The van der Waals surface area contributed by atoms with E-state index in [0.717, 1.165) is 0 Å². The highest BCUT2D eigenvalue weighted by Crippen LogP contribution is 2.25. The van der Waals surface area contributed by atoms with Crippen LogP contribution in [-0.4, -0.2) is 47.5 Å². The van der Waals surface area contributed by atoms with Crippen molar-refractivity contribution in [1.82, 2.24) is 9.80 Å². The summed E-state index contributed by atoms with van der Waals surface area (Å²) in [7, 11) is 0. The van der Waals surface area contributed by atoms with Gasteiger partial charge in [-0.2, -0.15) is 5.26 Å². The van der Waals surface area contributed by atoms with Crippen LogP contribution in [0.3, 0.4) is 0 Å². The number of nitrogens with zero attached hydrogens (tertiary/aromatic N) is 4. The zero-order valence-corrected chi connectivity index (χ0v) is 19.2. The SMILES string of the molecule is CC(C)C1CN(C(=O)Nc2ccc(Cl)cc2)CCN1/C(=N\C#N)Nc1cc(F)ccc1Cl. The van der Waals surface area contributed by atoms with E-state index in [2.05, 4.69) is 15.6 Å². The zero-order valence-electron chi connectivity index (χ0n) is 17.6. The van der Waals surface area contributed by atoms with Crippen molar-refractivity contribution in [3.05, 3.63) is 58.3 Å². The topological polar surface area (TPSA) is 83.8 Å². The minimum Gasteiger partial charge on any atom is -0.335 e. The normalized spacial score (nSPS) is 16.7. The molecular weight excluding hydrogens is 454 g/mol. The summed E-state index contributed by atoms with van der Waals surface area (Å²) in [5.74, 6) is -0.0661. The number of carbonyl (C=O) groups excluding carboxylic acids is 1. The molecule has 32 heavy (non-hydrogen) atoms. The summed E-state index contributed by atoms with van der Waals surface area (Å²) in [5.41, 5.74) is 0.961. The molecule has 2 amide bonds. The van der Waals surface area contributed by atoms with Gasteiger partial charge in [0.1, 0.15) is 5.82 Å². The quantitative estimate of drug-likeness (QED) is 0.359. The van der Waals surface area contributed by atoms with Crippen LogP contribution in [0.1, 0.15) is 13.8 Å². The summed E-state index contributed by atoms with van der Waals surface area (Å²) < 4.78 is 13.7. The fourth-order valence-electron chi connectivity index (χ4n) is 3.49. The van der Waals surface area contributed by atoms with Crippen molar-refractivity contribution in [3.63, 3.8) is 0 Å². The standard InChI is InChI=1S/C22H23Cl2FN6O/c1-14(2)20-12-30(22(32)28-17-6-3-15(23)4-7-17)9-10-31(20)21(27-13-26)29-19-11-16(25)5-8-18(19)24/h3-8,11,14,20H,9-10,12H2,1-2H3,(H,27,29)(H,28,32). The number of carbonyl (C=O) groups is 1. The maximum atomic E-state index is 13.7. The third-order valence-electron chi connectivity index (χ3n) is 5.17. The Bertz CT molecular complexity index is 1040. The van der Waals surface area contributed by atoms with Crippen LogP contribution < -0.4 is 10.6 Å². The number of nitrogens with one attached hydrogen (secondary N) is 2. The summed E-state index contributed by atoms with van der Waals surface area (Å²) >= 11 is 12.1. The summed E-state index contributed by atoms with van der Waals surface area (Å²) in [5, 5.41) is 16.0. The van der Waals surface area contributed by atoms with E-state index in [1.165, 1.54) is 18.2 Å². The zero-order chi connectivity index (χ0) is 23.3. The molecule has 7 nitrogen and oxygen atoms in total. The van der Waals surface area contributed by atoms with E-state index in [1.54, 1.807) is 35.4 Å². The molecule has 2 N–H and O–H groups in total. The van der Waals surface area contributed by atoms with Crippen LogP contribution in [-0.2, 0) is 0 Å².